The molecular weight excluding hydrogens is 268 g/mol. The van der Waals surface area contributed by atoms with E-state index in [9.17, 15) is 4.79 Å². The van der Waals surface area contributed by atoms with Crippen molar-refractivity contribution < 1.29 is 4.79 Å². The molecular formula is C13H21ClN2OS. The summed E-state index contributed by atoms with van der Waals surface area (Å²) >= 11 is 1.65. The number of halogens is 1. The number of rotatable bonds is 3. The van der Waals surface area contributed by atoms with Crippen molar-refractivity contribution in [2.24, 2.45) is 11.7 Å². The topological polar surface area (TPSA) is 46.3 Å². The molecule has 0 radical (unpaired) electrons. The zero-order valence-corrected chi connectivity index (χ0v) is 12.3. The van der Waals surface area contributed by atoms with E-state index < -0.39 is 0 Å². The van der Waals surface area contributed by atoms with Crippen LogP contribution in [-0.4, -0.2) is 29.9 Å². The number of nitrogens with zero attached hydrogens (tertiary/aromatic N) is 1. The van der Waals surface area contributed by atoms with E-state index in [0.717, 1.165) is 24.3 Å². The van der Waals surface area contributed by atoms with Gasteiger partial charge in [0.05, 0.1) is 6.42 Å². The van der Waals surface area contributed by atoms with E-state index in [1.807, 2.05) is 22.4 Å². The van der Waals surface area contributed by atoms with Gasteiger partial charge in [-0.1, -0.05) is 13.0 Å². The number of hydrogen-bond acceptors (Lipinski definition) is 3. The Morgan fingerprint density at radius 3 is 3.00 bits per heavy atom. The summed E-state index contributed by atoms with van der Waals surface area (Å²) in [7, 11) is 0. The molecule has 2 atom stereocenters. The van der Waals surface area contributed by atoms with Gasteiger partial charge in [0, 0.05) is 24.0 Å². The van der Waals surface area contributed by atoms with E-state index in [0.29, 0.717) is 18.9 Å². The Morgan fingerprint density at radius 2 is 2.39 bits per heavy atom. The Balaban J connectivity index is 0.00000162. The van der Waals surface area contributed by atoms with Crippen LogP contribution < -0.4 is 5.73 Å². The lowest BCUT2D eigenvalue weighted by Crippen LogP contribution is -2.49. The van der Waals surface area contributed by atoms with E-state index in [4.69, 9.17) is 5.73 Å². The molecule has 2 rings (SSSR count). The highest BCUT2D eigenvalue weighted by Crippen LogP contribution is 2.23. The largest absolute Gasteiger partial charge is 0.338 e. The van der Waals surface area contributed by atoms with Crippen molar-refractivity contribution in [3.63, 3.8) is 0 Å². The molecule has 1 fully saturated rings. The zero-order chi connectivity index (χ0) is 12.3. The van der Waals surface area contributed by atoms with Gasteiger partial charge in [0.1, 0.15) is 0 Å². The third-order valence-electron chi connectivity index (χ3n) is 3.48. The standard InChI is InChI=1S/C13H20N2OS.ClH/c1-10-4-5-15(11(7-10)9-14)13(16)8-12-3-2-6-17-12;/h2-3,6,10-11H,4-5,7-9,14H2,1H3;1H. The highest BCUT2D eigenvalue weighted by atomic mass is 35.5. The first-order valence-corrected chi connectivity index (χ1v) is 7.10. The van der Waals surface area contributed by atoms with Gasteiger partial charge in [-0.2, -0.15) is 0 Å². The molecule has 1 aromatic rings. The van der Waals surface area contributed by atoms with Crippen molar-refractivity contribution in [2.75, 3.05) is 13.1 Å². The Morgan fingerprint density at radius 1 is 1.61 bits per heavy atom. The van der Waals surface area contributed by atoms with Crippen LogP contribution in [0, 0.1) is 5.92 Å². The zero-order valence-electron chi connectivity index (χ0n) is 10.7. The van der Waals surface area contributed by atoms with Crippen LogP contribution in [-0.2, 0) is 11.2 Å². The van der Waals surface area contributed by atoms with Gasteiger partial charge in [-0.3, -0.25) is 4.79 Å². The van der Waals surface area contributed by atoms with Crippen molar-refractivity contribution in [2.45, 2.75) is 32.2 Å². The summed E-state index contributed by atoms with van der Waals surface area (Å²) in [5.74, 6) is 0.920. The Kier molecular flexibility index (Phi) is 6.12. The lowest BCUT2D eigenvalue weighted by atomic mass is 9.92. The maximum Gasteiger partial charge on any atom is 0.228 e. The molecule has 102 valence electrons. The fourth-order valence-corrected chi connectivity index (χ4v) is 3.16. The van der Waals surface area contributed by atoms with Gasteiger partial charge < -0.3 is 10.6 Å². The molecule has 1 amide bonds. The predicted molar refractivity (Wildman–Crippen MR) is 78.2 cm³/mol. The number of piperidine rings is 1. The Bertz CT molecular complexity index is 369. The lowest BCUT2D eigenvalue weighted by molar-refractivity contribution is -0.134. The van der Waals surface area contributed by atoms with E-state index in [-0.39, 0.29) is 24.4 Å². The highest BCUT2D eigenvalue weighted by molar-refractivity contribution is 7.10. The molecule has 1 aromatic heterocycles. The second kappa shape index (κ2) is 7.12. The van der Waals surface area contributed by atoms with Crippen molar-refractivity contribution in [1.29, 1.82) is 0 Å². The molecule has 1 saturated heterocycles. The molecule has 2 N–H and O–H groups in total. The number of thiophene rings is 1. The van der Waals surface area contributed by atoms with Gasteiger partial charge >= 0.3 is 0 Å². The van der Waals surface area contributed by atoms with Gasteiger partial charge in [-0.05, 0) is 30.2 Å². The first kappa shape index (κ1) is 15.5. The average molecular weight is 289 g/mol. The van der Waals surface area contributed by atoms with Crippen molar-refractivity contribution in [1.82, 2.24) is 4.90 Å². The average Bonchev–Trinajstić information content (AvgIpc) is 2.81. The summed E-state index contributed by atoms with van der Waals surface area (Å²) in [6.07, 6.45) is 2.68. The number of carbonyl (C=O) groups excluding carboxylic acids is 1. The maximum absolute atomic E-state index is 12.2. The smallest absolute Gasteiger partial charge is 0.228 e. The maximum atomic E-state index is 12.2. The molecule has 18 heavy (non-hydrogen) atoms. The van der Waals surface area contributed by atoms with Gasteiger partial charge in [-0.15, -0.1) is 23.7 Å². The first-order valence-electron chi connectivity index (χ1n) is 6.22. The number of likely N-dealkylation sites (tertiary alicyclic amines) is 1. The van der Waals surface area contributed by atoms with Gasteiger partial charge in [0.2, 0.25) is 5.91 Å². The molecule has 0 spiro atoms. The molecule has 2 heterocycles. The molecule has 0 bridgehead atoms. The third-order valence-corrected chi connectivity index (χ3v) is 4.35. The van der Waals surface area contributed by atoms with Crippen LogP contribution in [0.3, 0.4) is 0 Å². The summed E-state index contributed by atoms with van der Waals surface area (Å²) in [6.45, 7) is 3.69. The lowest BCUT2D eigenvalue weighted by Gasteiger charge is -2.38. The fourth-order valence-electron chi connectivity index (χ4n) is 2.47. The van der Waals surface area contributed by atoms with E-state index in [1.54, 1.807) is 11.3 Å². The summed E-state index contributed by atoms with van der Waals surface area (Å²) < 4.78 is 0. The summed E-state index contributed by atoms with van der Waals surface area (Å²) in [6, 6.07) is 4.25. The van der Waals surface area contributed by atoms with Crippen molar-refractivity contribution >= 4 is 29.7 Å². The summed E-state index contributed by atoms with van der Waals surface area (Å²) in [5, 5.41) is 2.02. The van der Waals surface area contributed by atoms with Crippen molar-refractivity contribution in [3.8, 4) is 0 Å². The van der Waals surface area contributed by atoms with Crippen molar-refractivity contribution in [3.05, 3.63) is 22.4 Å². The van der Waals surface area contributed by atoms with Crippen LogP contribution in [0.4, 0.5) is 0 Å². The first-order chi connectivity index (χ1) is 8.20. The molecule has 3 nitrogen and oxygen atoms in total. The van der Waals surface area contributed by atoms with Crippen LogP contribution in [0.1, 0.15) is 24.6 Å². The van der Waals surface area contributed by atoms with Gasteiger partial charge in [0.25, 0.3) is 0 Å². The van der Waals surface area contributed by atoms with E-state index in [1.165, 1.54) is 0 Å². The van der Waals surface area contributed by atoms with Crippen LogP contribution in [0.5, 0.6) is 0 Å². The normalized spacial score (nSPS) is 23.6. The number of amides is 1. The van der Waals surface area contributed by atoms with Crippen LogP contribution >= 0.6 is 23.7 Å². The Labute approximate surface area is 119 Å². The van der Waals surface area contributed by atoms with Gasteiger partial charge in [-0.25, -0.2) is 0 Å². The molecule has 0 aromatic carbocycles. The van der Waals surface area contributed by atoms with Gasteiger partial charge in [0.15, 0.2) is 0 Å². The van der Waals surface area contributed by atoms with E-state index >= 15 is 0 Å². The molecule has 0 saturated carbocycles. The van der Waals surface area contributed by atoms with Crippen LogP contribution in [0.2, 0.25) is 0 Å². The molecule has 2 unspecified atom stereocenters. The fraction of sp³-hybridized carbons (Fsp3) is 0.615. The second-order valence-corrected chi connectivity index (χ2v) is 5.89. The second-order valence-electron chi connectivity index (χ2n) is 4.86. The summed E-state index contributed by atoms with van der Waals surface area (Å²) in [5.41, 5.74) is 5.78. The predicted octanol–water partition coefficient (Wildman–Crippen LogP) is 2.30. The number of hydrogen-bond donors (Lipinski definition) is 1. The summed E-state index contributed by atoms with van der Waals surface area (Å²) in [4.78, 5) is 15.3. The Hall–Kier alpha value is -0.580. The van der Waals surface area contributed by atoms with Crippen LogP contribution in [0.25, 0.3) is 0 Å². The SMILES string of the molecule is CC1CCN(C(=O)Cc2cccs2)C(CN)C1.Cl. The molecule has 1 aliphatic rings. The minimum atomic E-state index is 0. The number of nitrogens with two attached hydrogens (primary N) is 1. The third kappa shape index (κ3) is 3.70. The van der Waals surface area contributed by atoms with E-state index in [2.05, 4.69) is 6.92 Å². The molecule has 5 heteroatoms. The highest BCUT2D eigenvalue weighted by Gasteiger charge is 2.28. The number of carbonyl (C=O) groups is 1. The monoisotopic (exact) mass is 288 g/mol. The minimum Gasteiger partial charge on any atom is -0.338 e. The minimum absolute atomic E-state index is 0. The quantitative estimate of drug-likeness (QED) is 0.928. The van der Waals surface area contributed by atoms with Crippen LogP contribution in [0.15, 0.2) is 17.5 Å². The molecule has 0 aliphatic carbocycles. The molecule has 1 aliphatic heterocycles.